The van der Waals surface area contributed by atoms with Crippen LogP contribution in [0.5, 0.6) is 0 Å². The van der Waals surface area contributed by atoms with Crippen molar-refractivity contribution in [3.05, 3.63) is 35.9 Å². The molecule has 1 aromatic rings. The topological polar surface area (TPSA) is 75.7 Å². The highest BCUT2D eigenvalue weighted by Gasteiger charge is 2.21. The number of rotatable bonds is 5. The van der Waals surface area contributed by atoms with Crippen LogP contribution in [0.25, 0.3) is 0 Å². The maximum atomic E-state index is 12.2. The fraction of sp³-hybridized carbons (Fsp3) is 0.526. The van der Waals surface area contributed by atoms with Gasteiger partial charge in [0.15, 0.2) is 6.61 Å². The molecule has 1 fully saturated rings. The molecule has 1 N–H and O–H groups in total. The second-order valence-corrected chi connectivity index (χ2v) is 6.32. The van der Waals surface area contributed by atoms with Crippen molar-refractivity contribution in [3.8, 4) is 0 Å². The second-order valence-electron chi connectivity index (χ2n) is 6.32. The van der Waals surface area contributed by atoms with Gasteiger partial charge in [-0.1, -0.05) is 37.5 Å². The molecule has 1 atom stereocenters. The average Bonchev–Trinajstić information content (AvgIpc) is 2.59. The number of carbonyl (C=O) groups excluding carboxylic acids is 3. The van der Waals surface area contributed by atoms with Gasteiger partial charge in [0, 0.05) is 18.7 Å². The molecule has 6 nitrogen and oxygen atoms in total. The zero-order valence-corrected chi connectivity index (χ0v) is 14.7. The summed E-state index contributed by atoms with van der Waals surface area (Å²) < 4.78 is 5.08. The van der Waals surface area contributed by atoms with Crippen molar-refractivity contribution in [2.24, 2.45) is 0 Å². The average molecular weight is 346 g/mol. The summed E-state index contributed by atoms with van der Waals surface area (Å²) in [5.41, 5.74) is 0.471. The molecule has 0 saturated carbocycles. The molecule has 1 heterocycles. The van der Waals surface area contributed by atoms with Gasteiger partial charge >= 0.3 is 5.97 Å². The molecule has 2 rings (SSSR count). The third-order valence-electron chi connectivity index (χ3n) is 4.28. The lowest BCUT2D eigenvalue weighted by atomic mass is 10.1. The van der Waals surface area contributed by atoms with E-state index in [4.69, 9.17) is 4.74 Å². The van der Waals surface area contributed by atoms with Crippen LogP contribution < -0.4 is 5.32 Å². The largest absolute Gasteiger partial charge is 0.454 e. The summed E-state index contributed by atoms with van der Waals surface area (Å²) in [7, 11) is 0. The SMILES string of the molecule is C[C@H](NC(=O)c1ccccc1)C(=O)OCC(=O)N1CCCCCCC1. The third-order valence-corrected chi connectivity index (χ3v) is 4.28. The monoisotopic (exact) mass is 346 g/mol. The molecule has 0 bridgehead atoms. The second kappa shape index (κ2) is 9.81. The molecule has 0 spiro atoms. The Morgan fingerprint density at radius 2 is 1.64 bits per heavy atom. The zero-order valence-electron chi connectivity index (χ0n) is 14.7. The summed E-state index contributed by atoms with van der Waals surface area (Å²) in [5, 5.41) is 2.58. The van der Waals surface area contributed by atoms with Gasteiger partial charge in [-0.25, -0.2) is 4.79 Å². The Morgan fingerprint density at radius 3 is 2.28 bits per heavy atom. The van der Waals surface area contributed by atoms with Crippen molar-refractivity contribution in [1.29, 1.82) is 0 Å². The van der Waals surface area contributed by atoms with Crippen LogP contribution >= 0.6 is 0 Å². The normalized spacial score (nSPS) is 16.3. The molecule has 1 aliphatic heterocycles. The van der Waals surface area contributed by atoms with Gasteiger partial charge in [-0.3, -0.25) is 9.59 Å². The summed E-state index contributed by atoms with van der Waals surface area (Å²) >= 11 is 0. The van der Waals surface area contributed by atoms with Crippen LogP contribution in [0.4, 0.5) is 0 Å². The van der Waals surface area contributed by atoms with Crippen molar-refractivity contribution in [2.45, 2.75) is 45.1 Å². The Labute approximate surface area is 148 Å². The van der Waals surface area contributed by atoms with E-state index in [0.29, 0.717) is 5.56 Å². The first-order valence-corrected chi connectivity index (χ1v) is 8.88. The number of carbonyl (C=O) groups is 3. The summed E-state index contributed by atoms with van der Waals surface area (Å²) in [6.45, 7) is 2.71. The number of benzene rings is 1. The molecule has 136 valence electrons. The van der Waals surface area contributed by atoms with E-state index < -0.39 is 12.0 Å². The van der Waals surface area contributed by atoms with Crippen molar-refractivity contribution in [1.82, 2.24) is 10.2 Å². The van der Waals surface area contributed by atoms with Crippen molar-refractivity contribution in [3.63, 3.8) is 0 Å². The van der Waals surface area contributed by atoms with Crippen LogP contribution in [-0.4, -0.2) is 48.4 Å². The van der Waals surface area contributed by atoms with Crippen molar-refractivity contribution in [2.75, 3.05) is 19.7 Å². The van der Waals surface area contributed by atoms with Gasteiger partial charge < -0.3 is 15.0 Å². The van der Waals surface area contributed by atoms with E-state index in [1.54, 1.807) is 36.1 Å². The van der Waals surface area contributed by atoms with Gasteiger partial charge in [0.05, 0.1) is 0 Å². The fourth-order valence-electron chi connectivity index (χ4n) is 2.77. The first kappa shape index (κ1) is 19.0. The van der Waals surface area contributed by atoms with Gasteiger partial charge in [0.2, 0.25) is 0 Å². The van der Waals surface area contributed by atoms with Crippen LogP contribution in [0.2, 0.25) is 0 Å². The van der Waals surface area contributed by atoms with Gasteiger partial charge in [-0.15, -0.1) is 0 Å². The Hall–Kier alpha value is -2.37. The minimum absolute atomic E-state index is 0.170. The van der Waals surface area contributed by atoms with Crippen LogP contribution in [0.3, 0.4) is 0 Å². The zero-order chi connectivity index (χ0) is 18.1. The van der Waals surface area contributed by atoms with E-state index in [2.05, 4.69) is 5.32 Å². The Kier molecular flexibility index (Phi) is 7.44. The summed E-state index contributed by atoms with van der Waals surface area (Å²) in [4.78, 5) is 38.0. The molecule has 25 heavy (non-hydrogen) atoms. The maximum Gasteiger partial charge on any atom is 0.328 e. The fourth-order valence-corrected chi connectivity index (χ4v) is 2.77. The molecule has 1 aromatic carbocycles. The lowest BCUT2D eigenvalue weighted by Gasteiger charge is -2.24. The highest BCUT2D eigenvalue weighted by atomic mass is 16.5. The number of likely N-dealkylation sites (tertiary alicyclic amines) is 1. The van der Waals surface area contributed by atoms with Gasteiger partial charge in [0.1, 0.15) is 6.04 Å². The van der Waals surface area contributed by atoms with Gasteiger partial charge in [-0.05, 0) is 31.9 Å². The van der Waals surface area contributed by atoms with Crippen molar-refractivity contribution >= 4 is 17.8 Å². The predicted molar refractivity (Wildman–Crippen MR) is 94.0 cm³/mol. The van der Waals surface area contributed by atoms with Gasteiger partial charge in [0.25, 0.3) is 11.8 Å². The number of hydrogen-bond acceptors (Lipinski definition) is 4. The first-order chi connectivity index (χ1) is 12.1. The quantitative estimate of drug-likeness (QED) is 0.829. The third kappa shape index (κ3) is 6.21. The molecule has 0 radical (unpaired) electrons. The molecule has 0 aliphatic carbocycles. The van der Waals surface area contributed by atoms with Crippen LogP contribution in [0.1, 0.15) is 49.4 Å². The Morgan fingerprint density at radius 1 is 1.04 bits per heavy atom. The number of ether oxygens (including phenoxy) is 1. The lowest BCUT2D eigenvalue weighted by molar-refractivity contribution is -0.153. The maximum absolute atomic E-state index is 12.2. The number of nitrogens with one attached hydrogen (secondary N) is 1. The highest BCUT2D eigenvalue weighted by molar-refractivity contribution is 5.96. The van der Waals surface area contributed by atoms with Crippen LogP contribution in [0.15, 0.2) is 30.3 Å². The summed E-state index contributed by atoms with van der Waals surface area (Å²) in [5.74, 6) is -1.12. The predicted octanol–water partition coefficient (Wildman–Crippen LogP) is 2.14. The standard InChI is InChI=1S/C19H26N2O4/c1-15(20-18(23)16-10-6-5-7-11-16)19(24)25-14-17(22)21-12-8-3-2-4-9-13-21/h5-7,10-11,15H,2-4,8-9,12-14H2,1H3,(H,20,23)/t15-/m0/s1. The lowest BCUT2D eigenvalue weighted by Crippen LogP contribution is -2.42. The molecule has 0 aromatic heterocycles. The van der Waals surface area contributed by atoms with E-state index >= 15 is 0 Å². The number of amides is 2. The smallest absolute Gasteiger partial charge is 0.328 e. The molecular formula is C19H26N2O4. The molecule has 1 saturated heterocycles. The molecule has 6 heteroatoms. The van der Waals surface area contributed by atoms with Crippen molar-refractivity contribution < 1.29 is 19.1 Å². The molecule has 1 aliphatic rings. The Balaban J connectivity index is 1.76. The molecule has 0 unspecified atom stereocenters. The summed E-state index contributed by atoms with van der Waals surface area (Å²) in [6.07, 6.45) is 5.46. The van der Waals surface area contributed by atoms with E-state index in [1.807, 2.05) is 6.07 Å². The minimum atomic E-state index is -0.812. The van der Waals surface area contributed by atoms with E-state index in [9.17, 15) is 14.4 Å². The van der Waals surface area contributed by atoms with E-state index in [0.717, 1.165) is 38.8 Å². The van der Waals surface area contributed by atoms with E-state index in [-0.39, 0.29) is 18.4 Å². The van der Waals surface area contributed by atoms with Gasteiger partial charge in [-0.2, -0.15) is 0 Å². The van der Waals surface area contributed by atoms with E-state index in [1.165, 1.54) is 6.42 Å². The number of esters is 1. The molecular weight excluding hydrogens is 320 g/mol. The highest BCUT2D eigenvalue weighted by Crippen LogP contribution is 2.10. The summed E-state index contributed by atoms with van der Waals surface area (Å²) in [6, 6.07) is 7.83. The Bertz CT molecular complexity index is 580. The minimum Gasteiger partial charge on any atom is -0.454 e. The number of nitrogens with zero attached hydrogens (tertiary/aromatic N) is 1. The molecule has 2 amide bonds. The first-order valence-electron chi connectivity index (χ1n) is 8.88. The number of hydrogen-bond donors (Lipinski definition) is 1. The van der Waals surface area contributed by atoms with Crippen LogP contribution in [-0.2, 0) is 14.3 Å². The van der Waals surface area contributed by atoms with Crippen LogP contribution in [0, 0.1) is 0 Å².